The summed E-state index contributed by atoms with van der Waals surface area (Å²) < 4.78 is 0. The molecule has 0 amide bonds. The minimum Gasteiger partial charge on any atom is -0.0812 e. The molecule has 1 rings (SSSR count). The average Bonchev–Trinajstić information content (AvgIpc) is 2.03. The largest absolute Gasteiger partial charge is 0.0812 e. The van der Waals surface area contributed by atoms with Crippen LogP contribution < -0.4 is 0 Å². The Morgan fingerprint density at radius 1 is 1.25 bits per heavy atom. The van der Waals surface area contributed by atoms with Gasteiger partial charge in [-0.25, -0.2) is 0 Å². The molecular formula is C12H13. The second-order valence-corrected chi connectivity index (χ2v) is 3.17. The van der Waals surface area contributed by atoms with Crippen LogP contribution >= 0.6 is 0 Å². The van der Waals surface area contributed by atoms with Gasteiger partial charge in [-0.1, -0.05) is 24.1 Å². The van der Waals surface area contributed by atoms with Crippen molar-refractivity contribution in [3.63, 3.8) is 0 Å². The summed E-state index contributed by atoms with van der Waals surface area (Å²) in [5.74, 6) is 2.63. The normalized spacial score (nSPS) is 12.2. The lowest BCUT2D eigenvalue weighted by Gasteiger charge is -2.11. The highest BCUT2D eigenvalue weighted by Crippen LogP contribution is 2.22. The Kier molecular flexibility index (Phi) is 2.55. The summed E-state index contributed by atoms with van der Waals surface area (Å²) in [6.45, 7) is 6.16. The lowest BCUT2D eigenvalue weighted by Crippen LogP contribution is -1.96. The van der Waals surface area contributed by atoms with Gasteiger partial charge in [0.2, 0.25) is 0 Å². The Labute approximate surface area is 74.6 Å². The van der Waals surface area contributed by atoms with Crippen LogP contribution in [0.4, 0.5) is 0 Å². The second-order valence-electron chi connectivity index (χ2n) is 3.17. The van der Waals surface area contributed by atoms with E-state index >= 15 is 0 Å². The summed E-state index contributed by atoms with van der Waals surface area (Å²) in [5, 5.41) is 0. The van der Waals surface area contributed by atoms with Gasteiger partial charge in [0.25, 0.3) is 0 Å². The van der Waals surface area contributed by atoms with E-state index in [-0.39, 0.29) is 5.92 Å². The SMILES string of the molecule is [C]#CC(C)c1c(C)cccc1C. The quantitative estimate of drug-likeness (QED) is 0.550. The number of rotatable bonds is 1. The Morgan fingerprint density at radius 3 is 2.17 bits per heavy atom. The molecule has 0 aliphatic heterocycles. The highest BCUT2D eigenvalue weighted by molar-refractivity contribution is 5.38. The first kappa shape index (κ1) is 8.87. The van der Waals surface area contributed by atoms with Crippen LogP contribution in [0.1, 0.15) is 29.5 Å². The number of benzene rings is 1. The van der Waals surface area contributed by atoms with Crippen LogP contribution in [-0.2, 0) is 0 Å². The molecule has 0 fully saturated rings. The fourth-order valence-corrected chi connectivity index (χ4v) is 1.58. The molecule has 1 aromatic rings. The number of hydrogen-bond donors (Lipinski definition) is 0. The summed E-state index contributed by atoms with van der Waals surface area (Å²) in [7, 11) is 0. The maximum atomic E-state index is 7.09. The summed E-state index contributed by atoms with van der Waals surface area (Å²) >= 11 is 0. The minimum absolute atomic E-state index is 0.117. The summed E-state index contributed by atoms with van der Waals surface area (Å²) in [6, 6.07) is 6.21. The van der Waals surface area contributed by atoms with Gasteiger partial charge in [-0.15, -0.1) is 0 Å². The van der Waals surface area contributed by atoms with E-state index in [1.165, 1.54) is 16.7 Å². The van der Waals surface area contributed by atoms with Crippen molar-refractivity contribution < 1.29 is 0 Å². The molecule has 0 nitrogen and oxygen atoms in total. The van der Waals surface area contributed by atoms with E-state index in [2.05, 4.69) is 31.9 Å². The van der Waals surface area contributed by atoms with E-state index in [0.717, 1.165) is 0 Å². The topological polar surface area (TPSA) is 0 Å². The van der Waals surface area contributed by atoms with Crippen molar-refractivity contribution in [1.82, 2.24) is 0 Å². The molecule has 1 unspecified atom stereocenters. The van der Waals surface area contributed by atoms with Gasteiger partial charge in [0.05, 0.1) is 0 Å². The molecule has 0 saturated carbocycles. The minimum atomic E-state index is 0.117. The summed E-state index contributed by atoms with van der Waals surface area (Å²) in [5.41, 5.74) is 3.75. The molecule has 1 radical (unpaired) electrons. The Bertz CT molecular complexity index is 295. The van der Waals surface area contributed by atoms with Crippen LogP contribution in [0.15, 0.2) is 18.2 Å². The maximum absolute atomic E-state index is 7.09. The zero-order valence-electron chi connectivity index (χ0n) is 7.81. The van der Waals surface area contributed by atoms with E-state index in [9.17, 15) is 0 Å². The zero-order chi connectivity index (χ0) is 9.14. The predicted octanol–water partition coefficient (Wildman–Crippen LogP) is 3.00. The number of aryl methyl sites for hydroxylation is 2. The number of hydrogen-bond acceptors (Lipinski definition) is 0. The molecule has 0 aromatic heterocycles. The first-order valence-electron chi connectivity index (χ1n) is 4.15. The lowest BCUT2D eigenvalue weighted by molar-refractivity contribution is 0.968. The highest BCUT2D eigenvalue weighted by atomic mass is 14.1. The van der Waals surface area contributed by atoms with Crippen molar-refractivity contribution in [3.8, 4) is 5.92 Å². The molecule has 0 aliphatic rings. The molecule has 0 spiro atoms. The van der Waals surface area contributed by atoms with Crippen LogP contribution in [0.2, 0.25) is 0 Å². The van der Waals surface area contributed by atoms with Crippen molar-refractivity contribution >= 4 is 0 Å². The van der Waals surface area contributed by atoms with Gasteiger partial charge in [0.1, 0.15) is 0 Å². The van der Waals surface area contributed by atoms with Crippen molar-refractivity contribution in [2.45, 2.75) is 26.7 Å². The third-order valence-corrected chi connectivity index (χ3v) is 2.19. The van der Waals surface area contributed by atoms with Crippen molar-refractivity contribution in [3.05, 3.63) is 41.3 Å². The smallest absolute Gasteiger partial charge is 0.0439 e. The van der Waals surface area contributed by atoms with Gasteiger partial charge in [-0.05, 0) is 43.9 Å². The molecule has 1 aromatic carbocycles. The van der Waals surface area contributed by atoms with Crippen molar-refractivity contribution in [1.29, 1.82) is 0 Å². The van der Waals surface area contributed by atoms with E-state index in [4.69, 9.17) is 6.42 Å². The van der Waals surface area contributed by atoms with E-state index in [1.54, 1.807) is 0 Å². The molecule has 0 heterocycles. The van der Waals surface area contributed by atoms with E-state index in [0.29, 0.717) is 0 Å². The monoisotopic (exact) mass is 157 g/mol. The first-order chi connectivity index (χ1) is 5.66. The van der Waals surface area contributed by atoms with Gasteiger partial charge in [0.15, 0.2) is 0 Å². The predicted molar refractivity (Wildman–Crippen MR) is 51.5 cm³/mol. The summed E-state index contributed by atoms with van der Waals surface area (Å²) in [6.07, 6.45) is 7.09. The third kappa shape index (κ3) is 1.51. The zero-order valence-corrected chi connectivity index (χ0v) is 7.81. The standard InChI is InChI=1S/C12H13/c1-5-9(2)12-10(3)7-6-8-11(12)4/h6-9H,2-4H3. The molecule has 0 bridgehead atoms. The van der Waals surface area contributed by atoms with Gasteiger partial charge in [-0.3, -0.25) is 0 Å². The van der Waals surface area contributed by atoms with Crippen LogP contribution in [0, 0.1) is 26.2 Å². The van der Waals surface area contributed by atoms with Gasteiger partial charge in [0, 0.05) is 5.92 Å². The van der Waals surface area contributed by atoms with Gasteiger partial charge in [-0.2, -0.15) is 0 Å². The Balaban J connectivity index is 3.23. The molecule has 0 N–H and O–H groups in total. The Hall–Kier alpha value is -1.22. The molecule has 0 saturated heterocycles. The molecule has 12 heavy (non-hydrogen) atoms. The van der Waals surface area contributed by atoms with Crippen LogP contribution in [0.3, 0.4) is 0 Å². The van der Waals surface area contributed by atoms with Gasteiger partial charge >= 0.3 is 0 Å². The van der Waals surface area contributed by atoms with E-state index in [1.807, 2.05) is 13.0 Å². The second kappa shape index (κ2) is 3.45. The highest BCUT2D eigenvalue weighted by Gasteiger charge is 2.07. The lowest BCUT2D eigenvalue weighted by atomic mass is 9.93. The molecule has 0 aliphatic carbocycles. The van der Waals surface area contributed by atoms with Crippen LogP contribution in [-0.4, -0.2) is 0 Å². The van der Waals surface area contributed by atoms with Crippen LogP contribution in [0.5, 0.6) is 0 Å². The summed E-state index contributed by atoms with van der Waals surface area (Å²) in [4.78, 5) is 0. The van der Waals surface area contributed by atoms with Crippen molar-refractivity contribution in [2.24, 2.45) is 0 Å². The first-order valence-corrected chi connectivity index (χ1v) is 4.15. The molecule has 0 heteroatoms. The maximum Gasteiger partial charge on any atom is 0.0439 e. The van der Waals surface area contributed by atoms with Crippen molar-refractivity contribution in [2.75, 3.05) is 0 Å². The average molecular weight is 157 g/mol. The van der Waals surface area contributed by atoms with Gasteiger partial charge < -0.3 is 0 Å². The van der Waals surface area contributed by atoms with Crippen LogP contribution in [0.25, 0.3) is 0 Å². The van der Waals surface area contributed by atoms with E-state index < -0.39 is 0 Å². The fourth-order valence-electron chi connectivity index (χ4n) is 1.58. The molecular weight excluding hydrogens is 144 g/mol. The molecule has 61 valence electrons. The Morgan fingerprint density at radius 2 is 1.75 bits per heavy atom. The third-order valence-electron chi connectivity index (χ3n) is 2.19. The fraction of sp³-hybridized carbons (Fsp3) is 0.333. The molecule has 1 atom stereocenters.